The number of hydrogen-bond donors (Lipinski definition) is 2. The van der Waals surface area contributed by atoms with E-state index in [2.05, 4.69) is 4.72 Å². The number of amides is 2. The molecule has 1 aliphatic heterocycles. The van der Waals surface area contributed by atoms with Crippen molar-refractivity contribution in [1.82, 2.24) is 14.9 Å². The average Bonchev–Trinajstić information content (AvgIpc) is 2.99. The molecule has 2 N–H and O–H groups in total. The maximum Gasteiger partial charge on any atom is 0.405 e. The van der Waals surface area contributed by atoms with Crippen LogP contribution in [-0.4, -0.2) is 51.2 Å². The number of thiophene rings is 1. The van der Waals surface area contributed by atoms with E-state index in [9.17, 15) is 26.4 Å². The van der Waals surface area contributed by atoms with Crippen LogP contribution in [0.3, 0.4) is 0 Å². The molecule has 1 aromatic heterocycles. The Kier molecular flexibility index (Phi) is 5.53. The van der Waals surface area contributed by atoms with E-state index >= 15 is 0 Å². The highest BCUT2D eigenvalue weighted by molar-refractivity contribution is 7.91. The number of halogens is 3. The highest BCUT2D eigenvalue weighted by Crippen LogP contribution is 2.19. The summed E-state index contributed by atoms with van der Waals surface area (Å²) in [5, 5.41) is 3.46. The summed E-state index contributed by atoms with van der Waals surface area (Å²) in [7, 11) is -3.58. The summed E-state index contributed by atoms with van der Waals surface area (Å²) >= 11 is 1.10. The first-order valence-electron chi connectivity index (χ1n) is 6.83. The van der Waals surface area contributed by atoms with Crippen molar-refractivity contribution in [3.05, 3.63) is 17.5 Å². The first-order valence-corrected chi connectivity index (χ1v) is 9.19. The maximum absolute atomic E-state index is 12.1. The Labute approximate surface area is 135 Å². The van der Waals surface area contributed by atoms with Crippen LogP contribution in [0.4, 0.5) is 18.0 Å². The van der Waals surface area contributed by atoms with Gasteiger partial charge in [0.05, 0.1) is 0 Å². The number of nitrogens with zero attached hydrogens (tertiary/aromatic N) is 1. The third-order valence-corrected chi connectivity index (χ3v) is 6.22. The number of sulfonamides is 1. The monoisotopic (exact) mass is 371 g/mol. The second-order valence-electron chi connectivity index (χ2n) is 5.09. The molecule has 0 bridgehead atoms. The number of alkyl halides is 3. The van der Waals surface area contributed by atoms with Gasteiger partial charge in [-0.3, -0.25) is 0 Å². The lowest BCUT2D eigenvalue weighted by atomic mass is 10.1. The van der Waals surface area contributed by atoms with E-state index in [1.165, 1.54) is 11.0 Å². The molecule has 1 fully saturated rings. The Morgan fingerprint density at radius 3 is 2.52 bits per heavy atom. The summed E-state index contributed by atoms with van der Waals surface area (Å²) in [5.41, 5.74) is 0. The van der Waals surface area contributed by atoms with Gasteiger partial charge in [-0.15, -0.1) is 11.3 Å². The summed E-state index contributed by atoms with van der Waals surface area (Å²) in [6.45, 7) is -0.987. The molecule has 2 rings (SSSR count). The van der Waals surface area contributed by atoms with Crippen molar-refractivity contribution in [3.8, 4) is 0 Å². The summed E-state index contributed by atoms with van der Waals surface area (Å²) in [6, 6.07) is 2.00. The van der Waals surface area contributed by atoms with Gasteiger partial charge in [0, 0.05) is 19.1 Å². The fourth-order valence-electron chi connectivity index (χ4n) is 2.18. The lowest BCUT2D eigenvalue weighted by Crippen LogP contribution is -2.50. The molecular weight excluding hydrogens is 355 g/mol. The van der Waals surface area contributed by atoms with Gasteiger partial charge in [0.25, 0.3) is 0 Å². The van der Waals surface area contributed by atoms with Gasteiger partial charge >= 0.3 is 12.2 Å². The van der Waals surface area contributed by atoms with E-state index in [0.29, 0.717) is 12.8 Å². The van der Waals surface area contributed by atoms with Gasteiger partial charge in [-0.2, -0.15) is 13.2 Å². The minimum Gasteiger partial charge on any atom is -0.329 e. The zero-order valence-electron chi connectivity index (χ0n) is 12.0. The van der Waals surface area contributed by atoms with Crippen LogP contribution in [0.1, 0.15) is 12.8 Å². The van der Waals surface area contributed by atoms with Crippen molar-refractivity contribution in [3.63, 3.8) is 0 Å². The smallest absolute Gasteiger partial charge is 0.329 e. The molecule has 0 aliphatic carbocycles. The van der Waals surface area contributed by atoms with Crippen molar-refractivity contribution in [1.29, 1.82) is 0 Å². The van der Waals surface area contributed by atoms with Gasteiger partial charge in [-0.1, -0.05) is 6.07 Å². The summed E-state index contributed by atoms with van der Waals surface area (Å²) < 4.78 is 63.1. The molecule has 0 atom stereocenters. The third-order valence-electron chi connectivity index (χ3n) is 3.30. The standard InChI is InChI=1S/C12H16F3N3O3S2/c13-12(14,15)8-16-11(19)18-5-3-9(4-6-18)17-23(20,21)10-2-1-7-22-10/h1-2,7,9,17H,3-6,8H2,(H,16,19). The molecule has 0 saturated carbocycles. The molecule has 2 amide bonds. The zero-order valence-corrected chi connectivity index (χ0v) is 13.6. The van der Waals surface area contributed by atoms with E-state index in [1.807, 2.05) is 0 Å². The summed E-state index contributed by atoms with van der Waals surface area (Å²) in [5.74, 6) is 0. The van der Waals surface area contributed by atoms with Crippen LogP contribution < -0.4 is 10.0 Å². The minimum atomic E-state index is -4.45. The summed E-state index contributed by atoms with van der Waals surface area (Å²) in [4.78, 5) is 12.9. The SMILES string of the molecule is O=C(NCC(F)(F)F)N1CCC(NS(=O)(=O)c2cccs2)CC1. The Morgan fingerprint density at radius 2 is 2.00 bits per heavy atom. The first kappa shape index (κ1) is 18.0. The number of rotatable bonds is 4. The van der Waals surface area contributed by atoms with Gasteiger partial charge < -0.3 is 10.2 Å². The molecule has 130 valence electrons. The molecule has 1 aliphatic rings. The van der Waals surface area contributed by atoms with Crippen molar-refractivity contribution >= 4 is 27.4 Å². The van der Waals surface area contributed by atoms with Gasteiger partial charge in [0.1, 0.15) is 10.8 Å². The predicted octanol–water partition coefficient (Wildman–Crippen LogP) is 1.76. The average molecular weight is 371 g/mol. The Morgan fingerprint density at radius 1 is 1.35 bits per heavy atom. The van der Waals surface area contributed by atoms with Gasteiger partial charge in [-0.05, 0) is 24.3 Å². The van der Waals surface area contributed by atoms with Crippen molar-refractivity contribution in [2.24, 2.45) is 0 Å². The van der Waals surface area contributed by atoms with Gasteiger partial charge in [0.15, 0.2) is 0 Å². The molecule has 0 radical (unpaired) electrons. The highest BCUT2D eigenvalue weighted by atomic mass is 32.2. The van der Waals surface area contributed by atoms with Gasteiger partial charge in [-0.25, -0.2) is 17.9 Å². The van der Waals surface area contributed by atoms with Crippen molar-refractivity contribution in [2.75, 3.05) is 19.6 Å². The number of urea groups is 1. The van der Waals surface area contributed by atoms with Crippen LogP contribution in [0.5, 0.6) is 0 Å². The molecule has 23 heavy (non-hydrogen) atoms. The Bertz CT molecular complexity index is 624. The summed E-state index contributed by atoms with van der Waals surface area (Å²) in [6.07, 6.45) is -3.75. The van der Waals surface area contributed by atoms with E-state index in [-0.39, 0.29) is 23.3 Å². The molecule has 0 unspecified atom stereocenters. The minimum absolute atomic E-state index is 0.196. The Balaban J connectivity index is 1.81. The lowest BCUT2D eigenvalue weighted by molar-refractivity contribution is -0.123. The van der Waals surface area contributed by atoms with Crippen LogP contribution in [0, 0.1) is 0 Å². The van der Waals surface area contributed by atoms with Crippen LogP contribution in [0.15, 0.2) is 21.7 Å². The topological polar surface area (TPSA) is 78.5 Å². The normalized spacial score (nSPS) is 17.3. The Hall–Kier alpha value is -1.33. The quantitative estimate of drug-likeness (QED) is 0.847. The van der Waals surface area contributed by atoms with Crippen LogP contribution >= 0.6 is 11.3 Å². The molecule has 1 saturated heterocycles. The molecule has 1 aromatic rings. The molecular formula is C12H16F3N3O3S2. The third kappa shape index (κ3) is 5.36. The van der Waals surface area contributed by atoms with Crippen LogP contribution in [-0.2, 0) is 10.0 Å². The first-order chi connectivity index (χ1) is 10.7. The fourth-order valence-corrected chi connectivity index (χ4v) is 4.50. The highest BCUT2D eigenvalue weighted by Gasteiger charge is 2.31. The van der Waals surface area contributed by atoms with Gasteiger partial charge in [0.2, 0.25) is 10.0 Å². The van der Waals surface area contributed by atoms with E-state index in [4.69, 9.17) is 0 Å². The second kappa shape index (κ2) is 7.05. The second-order valence-corrected chi connectivity index (χ2v) is 7.98. The number of carbonyl (C=O) groups is 1. The largest absolute Gasteiger partial charge is 0.405 e. The number of piperidine rings is 1. The molecule has 0 aromatic carbocycles. The number of carbonyl (C=O) groups excluding carboxylic acids is 1. The van der Waals surface area contributed by atoms with Crippen molar-refractivity contribution < 1.29 is 26.4 Å². The molecule has 0 spiro atoms. The van der Waals surface area contributed by atoms with Crippen molar-refractivity contribution in [2.45, 2.75) is 29.3 Å². The molecule has 11 heteroatoms. The predicted molar refractivity (Wildman–Crippen MR) is 78.7 cm³/mol. The maximum atomic E-state index is 12.1. The molecule has 2 heterocycles. The lowest BCUT2D eigenvalue weighted by Gasteiger charge is -2.32. The zero-order chi connectivity index (χ0) is 17.1. The van der Waals surface area contributed by atoms with E-state index < -0.39 is 28.8 Å². The van der Waals surface area contributed by atoms with E-state index in [0.717, 1.165) is 11.3 Å². The number of nitrogens with one attached hydrogen (secondary N) is 2. The number of hydrogen-bond acceptors (Lipinski definition) is 4. The van der Waals surface area contributed by atoms with E-state index in [1.54, 1.807) is 16.8 Å². The fraction of sp³-hybridized carbons (Fsp3) is 0.583. The van der Waals surface area contributed by atoms with Crippen LogP contribution in [0.25, 0.3) is 0 Å². The number of likely N-dealkylation sites (tertiary alicyclic amines) is 1. The van der Waals surface area contributed by atoms with Crippen LogP contribution in [0.2, 0.25) is 0 Å². The molecule has 6 nitrogen and oxygen atoms in total.